The molecule has 98 valence electrons. The average Bonchev–Trinajstić information content (AvgIpc) is 2.79. The van der Waals surface area contributed by atoms with Crippen molar-refractivity contribution < 1.29 is 14.4 Å². The van der Waals surface area contributed by atoms with Crippen LogP contribution in [0, 0.1) is 10.1 Å². The third kappa shape index (κ3) is 2.88. The van der Waals surface area contributed by atoms with Gasteiger partial charge in [-0.1, -0.05) is 34.1 Å². The van der Waals surface area contributed by atoms with Gasteiger partial charge in [-0.05, 0) is 6.07 Å². The number of nitrogens with zero attached hydrogens (tertiary/aromatic N) is 1. The highest BCUT2D eigenvalue weighted by Crippen LogP contribution is 2.39. The quantitative estimate of drug-likeness (QED) is 0.619. The number of ether oxygens (including phenoxy) is 2. The number of nitro groups is 1. The second kappa shape index (κ2) is 5.77. The van der Waals surface area contributed by atoms with Gasteiger partial charge >= 0.3 is 0 Å². The summed E-state index contributed by atoms with van der Waals surface area (Å²) in [4.78, 5) is 10.1. The Balaban J connectivity index is 2.16. The normalized spacial score (nSPS) is 17.8. The summed E-state index contributed by atoms with van der Waals surface area (Å²) in [5, 5.41) is 10.4. The lowest BCUT2D eigenvalue weighted by Crippen LogP contribution is -2.28. The topological polar surface area (TPSA) is 61.6 Å². The van der Waals surface area contributed by atoms with E-state index in [1.165, 1.54) is 0 Å². The maximum Gasteiger partial charge on any atom is 0.204 e. The van der Waals surface area contributed by atoms with E-state index in [4.69, 9.17) is 9.47 Å². The SMILES string of the molecule is O=[N+]([O-])CCCC1(c2ccccc2Br)OCCO1. The van der Waals surface area contributed by atoms with Crippen LogP contribution in [0.25, 0.3) is 0 Å². The molecule has 0 radical (unpaired) electrons. The van der Waals surface area contributed by atoms with Gasteiger partial charge in [0.25, 0.3) is 0 Å². The Labute approximate surface area is 113 Å². The Hall–Kier alpha value is -0.980. The molecule has 0 atom stereocenters. The molecule has 6 heteroatoms. The van der Waals surface area contributed by atoms with Gasteiger partial charge in [0.1, 0.15) is 0 Å². The van der Waals surface area contributed by atoms with Crippen LogP contribution in [-0.4, -0.2) is 24.7 Å². The molecule has 0 bridgehead atoms. The maximum absolute atomic E-state index is 10.4. The first-order valence-electron chi connectivity index (χ1n) is 5.79. The molecule has 0 aromatic heterocycles. The van der Waals surface area contributed by atoms with Gasteiger partial charge in [-0.3, -0.25) is 10.1 Å². The molecule has 1 aromatic carbocycles. The minimum absolute atomic E-state index is 0.0705. The van der Waals surface area contributed by atoms with Crippen LogP contribution in [0.3, 0.4) is 0 Å². The van der Waals surface area contributed by atoms with Gasteiger partial charge in [0.2, 0.25) is 6.54 Å². The summed E-state index contributed by atoms with van der Waals surface area (Å²) in [6, 6.07) is 7.64. The van der Waals surface area contributed by atoms with Crippen molar-refractivity contribution >= 4 is 15.9 Å². The van der Waals surface area contributed by atoms with Gasteiger partial charge in [-0.25, -0.2) is 0 Å². The standard InChI is InChI=1S/C12H14BrNO4/c13-11-5-2-1-4-10(11)12(17-8-9-18-12)6-3-7-14(15)16/h1-2,4-5H,3,6-9H2. The van der Waals surface area contributed by atoms with Crippen molar-refractivity contribution in [1.29, 1.82) is 0 Å². The monoisotopic (exact) mass is 315 g/mol. The number of halogens is 1. The molecule has 2 rings (SSSR count). The van der Waals surface area contributed by atoms with Crippen molar-refractivity contribution in [3.8, 4) is 0 Å². The van der Waals surface area contributed by atoms with Gasteiger partial charge < -0.3 is 9.47 Å². The summed E-state index contributed by atoms with van der Waals surface area (Å²) in [5.41, 5.74) is 0.894. The fourth-order valence-electron chi connectivity index (χ4n) is 2.10. The largest absolute Gasteiger partial charge is 0.343 e. The molecule has 18 heavy (non-hydrogen) atoms. The number of rotatable bonds is 5. The van der Waals surface area contributed by atoms with Crippen LogP contribution in [-0.2, 0) is 15.3 Å². The molecule has 1 saturated heterocycles. The highest BCUT2D eigenvalue weighted by Gasteiger charge is 2.39. The fraction of sp³-hybridized carbons (Fsp3) is 0.500. The summed E-state index contributed by atoms with van der Waals surface area (Å²) in [6.07, 6.45) is 0.908. The Morgan fingerprint density at radius 2 is 2.00 bits per heavy atom. The first-order valence-corrected chi connectivity index (χ1v) is 6.58. The third-order valence-electron chi connectivity index (χ3n) is 2.88. The lowest BCUT2D eigenvalue weighted by atomic mass is 10.0. The van der Waals surface area contributed by atoms with Crippen molar-refractivity contribution in [2.24, 2.45) is 0 Å². The summed E-state index contributed by atoms with van der Waals surface area (Å²) < 4.78 is 12.3. The molecular weight excluding hydrogens is 302 g/mol. The van der Waals surface area contributed by atoms with Crippen molar-refractivity contribution in [3.05, 3.63) is 44.4 Å². The van der Waals surface area contributed by atoms with Crippen LogP contribution in [0.5, 0.6) is 0 Å². The molecular formula is C12H14BrNO4. The molecule has 1 aliphatic rings. The summed E-state index contributed by atoms with van der Waals surface area (Å²) >= 11 is 3.47. The molecule has 0 amide bonds. The predicted octanol–water partition coefficient (Wildman–Crippen LogP) is 2.71. The summed E-state index contributed by atoms with van der Waals surface area (Å²) in [7, 11) is 0. The Morgan fingerprint density at radius 1 is 1.33 bits per heavy atom. The average molecular weight is 316 g/mol. The molecule has 1 aromatic rings. The predicted molar refractivity (Wildman–Crippen MR) is 68.8 cm³/mol. The minimum Gasteiger partial charge on any atom is -0.343 e. The second-order valence-electron chi connectivity index (χ2n) is 4.09. The zero-order valence-electron chi connectivity index (χ0n) is 9.80. The summed E-state index contributed by atoms with van der Waals surface area (Å²) in [6.45, 7) is 0.957. The molecule has 0 aliphatic carbocycles. The van der Waals surface area contributed by atoms with Gasteiger partial charge in [0.05, 0.1) is 13.2 Å². The van der Waals surface area contributed by atoms with E-state index < -0.39 is 5.79 Å². The van der Waals surface area contributed by atoms with Gasteiger partial charge in [-0.2, -0.15) is 0 Å². The third-order valence-corrected chi connectivity index (χ3v) is 3.58. The molecule has 0 N–H and O–H groups in total. The first kappa shape index (κ1) is 13.5. The molecule has 1 heterocycles. The Bertz CT molecular complexity index is 432. The van der Waals surface area contributed by atoms with Crippen LogP contribution in [0.15, 0.2) is 28.7 Å². The van der Waals surface area contributed by atoms with E-state index in [0.717, 1.165) is 10.0 Å². The first-order chi connectivity index (χ1) is 8.64. The zero-order valence-corrected chi connectivity index (χ0v) is 11.4. The molecule has 5 nitrogen and oxygen atoms in total. The van der Waals surface area contributed by atoms with E-state index >= 15 is 0 Å². The van der Waals surface area contributed by atoms with E-state index in [0.29, 0.717) is 26.1 Å². The second-order valence-corrected chi connectivity index (χ2v) is 4.94. The smallest absolute Gasteiger partial charge is 0.204 e. The Kier molecular flexibility index (Phi) is 4.31. The van der Waals surface area contributed by atoms with Crippen molar-refractivity contribution in [1.82, 2.24) is 0 Å². The number of hydrogen-bond donors (Lipinski definition) is 0. The highest BCUT2D eigenvalue weighted by atomic mass is 79.9. The highest BCUT2D eigenvalue weighted by molar-refractivity contribution is 9.10. The van der Waals surface area contributed by atoms with Crippen LogP contribution >= 0.6 is 15.9 Å². The molecule has 0 spiro atoms. The van der Waals surface area contributed by atoms with Crippen LogP contribution in [0.1, 0.15) is 18.4 Å². The molecule has 1 fully saturated rings. The molecule has 0 saturated carbocycles. The van der Waals surface area contributed by atoms with Crippen LogP contribution < -0.4 is 0 Å². The van der Waals surface area contributed by atoms with Gasteiger partial charge in [0, 0.05) is 27.8 Å². The molecule has 0 unspecified atom stereocenters. The maximum atomic E-state index is 10.4. The number of benzene rings is 1. The fourth-order valence-corrected chi connectivity index (χ4v) is 2.69. The van der Waals surface area contributed by atoms with Gasteiger partial charge in [0.15, 0.2) is 5.79 Å². The van der Waals surface area contributed by atoms with E-state index in [-0.39, 0.29) is 11.5 Å². The van der Waals surface area contributed by atoms with E-state index in [1.54, 1.807) is 0 Å². The lowest BCUT2D eigenvalue weighted by molar-refractivity contribution is -0.481. The lowest BCUT2D eigenvalue weighted by Gasteiger charge is -2.28. The number of hydrogen-bond acceptors (Lipinski definition) is 4. The van der Waals surface area contributed by atoms with Crippen LogP contribution in [0.2, 0.25) is 0 Å². The molecule has 1 aliphatic heterocycles. The zero-order chi connectivity index (χ0) is 13.0. The van der Waals surface area contributed by atoms with Crippen LogP contribution in [0.4, 0.5) is 0 Å². The van der Waals surface area contributed by atoms with Crippen molar-refractivity contribution in [2.45, 2.75) is 18.6 Å². The Morgan fingerprint density at radius 3 is 2.61 bits per heavy atom. The minimum atomic E-state index is -0.837. The van der Waals surface area contributed by atoms with E-state index in [2.05, 4.69) is 15.9 Å². The van der Waals surface area contributed by atoms with Crippen molar-refractivity contribution in [2.75, 3.05) is 19.8 Å². The van der Waals surface area contributed by atoms with Crippen molar-refractivity contribution in [3.63, 3.8) is 0 Å². The van der Waals surface area contributed by atoms with Gasteiger partial charge in [-0.15, -0.1) is 0 Å². The van der Waals surface area contributed by atoms with E-state index in [1.807, 2.05) is 24.3 Å². The summed E-state index contributed by atoms with van der Waals surface area (Å²) in [5.74, 6) is -0.837. The van der Waals surface area contributed by atoms with E-state index in [9.17, 15) is 10.1 Å².